The van der Waals surface area contributed by atoms with Crippen LogP contribution in [-0.4, -0.2) is 38.5 Å². The van der Waals surface area contributed by atoms with Crippen LogP contribution in [0.5, 0.6) is 0 Å². The van der Waals surface area contributed by atoms with Gasteiger partial charge in [0.05, 0.1) is 11.0 Å². The molecule has 1 saturated carbocycles. The van der Waals surface area contributed by atoms with Crippen molar-refractivity contribution in [2.75, 3.05) is 13.1 Å². The van der Waals surface area contributed by atoms with E-state index in [-0.39, 0.29) is 5.25 Å². The van der Waals surface area contributed by atoms with Gasteiger partial charge in [0.25, 0.3) is 0 Å². The second-order valence-electron chi connectivity index (χ2n) is 4.59. The second kappa shape index (κ2) is 8.75. The monoisotopic (exact) mass is 288 g/mol. The summed E-state index contributed by atoms with van der Waals surface area (Å²) in [5.74, 6) is 0. The van der Waals surface area contributed by atoms with Crippen molar-refractivity contribution < 1.29 is 5.21 Å². The molecule has 18 heavy (non-hydrogen) atoms. The maximum absolute atomic E-state index is 9.16. The van der Waals surface area contributed by atoms with Gasteiger partial charge < -0.3 is 10.1 Å². The van der Waals surface area contributed by atoms with Crippen molar-refractivity contribution in [2.45, 2.75) is 57.6 Å². The molecule has 1 fully saturated rings. The van der Waals surface area contributed by atoms with Gasteiger partial charge in [-0.1, -0.05) is 48.4 Å². The molecule has 1 unspecified atom stereocenters. The molecule has 0 spiro atoms. The molecule has 0 heterocycles. The quantitative estimate of drug-likeness (QED) is 0.485. The molecule has 0 radical (unpaired) electrons. The first kappa shape index (κ1) is 15.8. The first-order valence-corrected chi connectivity index (χ1v) is 8.18. The Bertz CT molecular complexity index is 291. The van der Waals surface area contributed by atoms with Gasteiger partial charge in [0.15, 0.2) is 0 Å². The zero-order chi connectivity index (χ0) is 13.4. The van der Waals surface area contributed by atoms with Gasteiger partial charge in [-0.25, -0.2) is 0 Å². The van der Waals surface area contributed by atoms with Crippen LogP contribution < -0.4 is 0 Å². The lowest BCUT2D eigenvalue weighted by Gasteiger charge is -2.26. The minimum absolute atomic E-state index is 0.267. The summed E-state index contributed by atoms with van der Waals surface area (Å²) in [5.41, 5.74) is 0.925. The standard InChI is InChI=1S/C13H24N2OS2/c1-3-15(4-2)13(17)18-12-10-8-6-5-7-9-11(12)14-16/h12,16H,3-10H2,1-2H3. The van der Waals surface area contributed by atoms with E-state index in [0.717, 1.165) is 42.4 Å². The van der Waals surface area contributed by atoms with Gasteiger partial charge in [-0.3, -0.25) is 0 Å². The molecule has 1 aliphatic carbocycles. The fourth-order valence-electron chi connectivity index (χ4n) is 2.24. The number of oxime groups is 1. The Balaban J connectivity index is 2.62. The zero-order valence-corrected chi connectivity index (χ0v) is 13.0. The first-order valence-electron chi connectivity index (χ1n) is 6.89. The Morgan fingerprint density at radius 1 is 1.33 bits per heavy atom. The number of rotatable bonds is 3. The third-order valence-corrected chi connectivity index (χ3v) is 5.21. The van der Waals surface area contributed by atoms with Crippen molar-refractivity contribution in [3.05, 3.63) is 0 Å². The first-order chi connectivity index (χ1) is 8.72. The number of nitrogens with zero attached hydrogens (tertiary/aromatic N) is 2. The van der Waals surface area contributed by atoms with Crippen molar-refractivity contribution in [1.29, 1.82) is 0 Å². The van der Waals surface area contributed by atoms with E-state index in [2.05, 4.69) is 23.9 Å². The summed E-state index contributed by atoms with van der Waals surface area (Å²) in [4.78, 5) is 2.19. The third-order valence-electron chi connectivity index (χ3n) is 3.41. The van der Waals surface area contributed by atoms with E-state index in [4.69, 9.17) is 17.4 Å². The smallest absolute Gasteiger partial charge is 0.136 e. The lowest BCUT2D eigenvalue weighted by atomic mass is 9.99. The predicted octanol–water partition coefficient (Wildman–Crippen LogP) is 3.90. The van der Waals surface area contributed by atoms with Crippen LogP contribution in [0, 0.1) is 0 Å². The van der Waals surface area contributed by atoms with E-state index in [1.165, 1.54) is 19.3 Å². The highest BCUT2D eigenvalue weighted by Crippen LogP contribution is 2.27. The summed E-state index contributed by atoms with van der Waals surface area (Å²) in [6.07, 6.45) is 6.86. The molecule has 3 nitrogen and oxygen atoms in total. The summed E-state index contributed by atoms with van der Waals surface area (Å²) >= 11 is 7.19. The van der Waals surface area contributed by atoms with E-state index in [9.17, 15) is 0 Å². The average Bonchev–Trinajstić information content (AvgIpc) is 2.34. The third kappa shape index (κ3) is 4.76. The Kier molecular flexibility index (Phi) is 7.66. The van der Waals surface area contributed by atoms with Crippen molar-refractivity contribution >= 4 is 34.0 Å². The molecule has 5 heteroatoms. The minimum atomic E-state index is 0.267. The molecule has 1 rings (SSSR count). The van der Waals surface area contributed by atoms with Crippen molar-refractivity contribution in [2.24, 2.45) is 5.16 Å². The number of hydrogen-bond acceptors (Lipinski definition) is 4. The largest absolute Gasteiger partial charge is 0.411 e. The summed E-state index contributed by atoms with van der Waals surface area (Å²) in [6, 6.07) is 0. The zero-order valence-electron chi connectivity index (χ0n) is 11.4. The summed E-state index contributed by atoms with van der Waals surface area (Å²) in [6.45, 7) is 6.13. The van der Waals surface area contributed by atoms with Crippen LogP contribution in [0.1, 0.15) is 52.4 Å². The van der Waals surface area contributed by atoms with Gasteiger partial charge >= 0.3 is 0 Å². The molecule has 0 bridgehead atoms. The fraction of sp³-hybridized carbons (Fsp3) is 0.846. The van der Waals surface area contributed by atoms with E-state index in [1.54, 1.807) is 11.8 Å². The fourth-order valence-corrected chi connectivity index (χ4v) is 4.08. The Labute approximate surface area is 120 Å². The highest BCUT2D eigenvalue weighted by atomic mass is 32.2. The van der Waals surface area contributed by atoms with Gasteiger partial charge in [-0.2, -0.15) is 0 Å². The highest BCUT2D eigenvalue weighted by molar-refractivity contribution is 8.23. The molecule has 0 aliphatic heterocycles. The van der Waals surface area contributed by atoms with E-state index in [1.807, 2.05) is 0 Å². The van der Waals surface area contributed by atoms with Crippen LogP contribution in [0.4, 0.5) is 0 Å². The van der Waals surface area contributed by atoms with Gasteiger partial charge in [-0.05, 0) is 33.1 Å². The Hall–Kier alpha value is -0.290. The summed E-state index contributed by atoms with van der Waals surface area (Å²) < 4.78 is 0.937. The lowest BCUT2D eigenvalue weighted by Crippen LogP contribution is -2.30. The van der Waals surface area contributed by atoms with Crippen molar-refractivity contribution in [3.63, 3.8) is 0 Å². The van der Waals surface area contributed by atoms with Crippen LogP contribution in [0.15, 0.2) is 5.16 Å². The minimum Gasteiger partial charge on any atom is -0.411 e. The SMILES string of the molecule is CCN(CC)C(=S)SC1CCCCCCC1=NO. The van der Waals surface area contributed by atoms with Gasteiger partial charge in [0.1, 0.15) is 4.32 Å². The Morgan fingerprint density at radius 2 is 2.00 bits per heavy atom. The molecule has 0 aromatic heterocycles. The van der Waals surface area contributed by atoms with E-state index in [0.29, 0.717) is 0 Å². The molecule has 0 aromatic carbocycles. The van der Waals surface area contributed by atoms with E-state index < -0.39 is 0 Å². The topological polar surface area (TPSA) is 35.8 Å². The van der Waals surface area contributed by atoms with Crippen LogP contribution in [0.3, 0.4) is 0 Å². The molecule has 0 amide bonds. The number of hydrogen-bond donors (Lipinski definition) is 1. The van der Waals surface area contributed by atoms with Gasteiger partial charge in [-0.15, -0.1) is 0 Å². The molecular formula is C13H24N2OS2. The highest BCUT2D eigenvalue weighted by Gasteiger charge is 2.22. The molecule has 104 valence electrons. The lowest BCUT2D eigenvalue weighted by molar-refractivity contribution is 0.315. The number of thiocarbonyl (C=S) groups is 1. The molecule has 1 aliphatic rings. The summed E-state index contributed by atoms with van der Waals surface area (Å²) in [5, 5.41) is 12.9. The number of thioether (sulfide) groups is 1. The molecule has 0 aromatic rings. The molecule has 1 atom stereocenters. The Morgan fingerprint density at radius 3 is 2.61 bits per heavy atom. The summed E-state index contributed by atoms with van der Waals surface area (Å²) in [7, 11) is 0. The second-order valence-corrected chi connectivity index (χ2v) is 6.43. The maximum atomic E-state index is 9.16. The van der Waals surface area contributed by atoms with Crippen LogP contribution >= 0.6 is 24.0 Å². The molecule has 0 saturated heterocycles. The normalized spacial score (nSPS) is 23.4. The van der Waals surface area contributed by atoms with Crippen molar-refractivity contribution in [3.8, 4) is 0 Å². The molecule has 1 N–H and O–H groups in total. The maximum Gasteiger partial charge on any atom is 0.136 e. The van der Waals surface area contributed by atoms with E-state index >= 15 is 0 Å². The molecular weight excluding hydrogens is 264 g/mol. The van der Waals surface area contributed by atoms with Crippen LogP contribution in [0.2, 0.25) is 0 Å². The van der Waals surface area contributed by atoms with Crippen LogP contribution in [0.25, 0.3) is 0 Å². The van der Waals surface area contributed by atoms with Gasteiger partial charge in [0.2, 0.25) is 0 Å². The predicted molar refractivity (Wildman–Crippen MR) is 83.8 cm³/mol. The average molecular weight is 288 g/mol. The van der Waals surface area contributed by atoms with Gasteiger partial charge in [0, 0.05) is 13.1 Å². The van der Waals surface area contributed by atoms with Crippen molar-refractivity contribution in [1.82, 2.24) is 4.90 Å². The van der Waals surface area contributed by atoms with Crippen LogP contribution in [-0.2, 0) is 0 Å².